The van der Waals surface area contributed by atoms with Gasteiger partial charge in [-0.2, -0.15) is 0 Å². The molecule has 26 heavy (non-hydrogen) atoms. The summed E-state index contributed by atoms with van der Waals surface area (Å²) in [5.41, 5.74) is 5.42. The van der Waals surface area contributed by atoms with Crippen LogP contribution in [0.4, 0.5) is 4.39 Å². The molecular formula is C24H23FS. The Morgan fingerprint density at radius 1 is 0.962 bits per heavy atom. The number of hydrogen-bond donors (Lipinski definition) is 0. The highest BCUT2D eigenvalue weighted by atomic mass is 32.1. The summed E-state index contributed by atoms with van der Waals surface area (Å²) in [6.45, 7) is 4.39. The minimum atomic E-state index is -0.150. The molecule has 0 fully saturated rings. The van der Waals surface area contributed by atoms with E-state index < -0.39 is 0 Å². The van der Waals surface area contributed by atoms with Crippen molar-refractivity contribution in [3.05, 3.63) is 76.9 Å². The molecule has 0 spiro atoms. The third-order valence-electron chi connectivity index (χ3n) is 5.19. The largest absolute Gasteiger partial charge is 0.206 e. The van der Waals surface area contributed by atoms with E-state index in [2.05, 4.69) is 50.3 Å². The first-order chi connectivity index (χ1) is 12.6. The summed E-state index contributed by atoms with van der Waals surface area (Å²) >= 11 is 1.67. The predicted octanol–water partition coefficient (Wildman–Crippen LogP) is 7.60. The number of benzene rings is 2. The average molecular weight is 363 g/mol. The van der Waals surface area contributed by atoms with Gasteiger partial charge < -0.3 is 0 Å². The minimum absolute atomic E-state index is 0.150. The molecule has 2 aromatic carbocycles. The fraction of sp³-hybridized carbons (Fsp3) is 0.250. The molecule has 4 rings (SSSR count). The molecule has 0 N–H and O–H groups in total. The first-order valence-corrected chi connectivity index (χ1v) is 10.2. The fourth-order valence-corrected chi connectivity index (χ4v) is 4.59. The third-order valence-corrected chi connectivity index (χ3v) is 6.45. The van der Waals surface area contributed by atoms with Crippen LogP contribution in [0.25, 0.3) is 27.1 Å². The summed E-state index contributed by atoms with van der Waals surface area (Å²) in [6, 6.07) is 18.2. The van der Waals surface area contributed by atoms with Crippen molar-refractivity contribution in [1.29, 1.82) is 0 Å². The minimum Gasteiger partial charge on any atom is -0.206 e. The molecule has 0 saturated heterocycles. The van der Waals surface area contributed by atoms with Gasteiger partial charge in [0, 0.05) is 15.3 Å². The monoisotopic (exact) mass is 362 g/mol. The molecule has 132 valence electrons. The van der Waals surface area contributed by atoms with Crippen LogP contribution in [-0.4, -0.2) is 0 Å². The molecule has 0 aliphatic heterocycles. The number of halogens is 1. The summed E-state index contributed by atoms with van der Waals surface area (Å²) in [6.07, 6.45) is 5.76. The first-order valence-electron chi connectivity index (χ1n) is 9.34. The van der Waals surface area contributed by atoms with Gasteiger partial charge in [-0.3, -0.25) is 0 Å². The van der Waals surface area contributed by atoms with Gasteiger partial charge in [0.2, 0.25) is 0 Å². The van der Waals surface area contributed by atoms with Crippen LogP contribution in [0.2, 0.25) is 0 Å². The highest BCUT2D eigenvalue weighted by Gasteiger charge is 2.13. The number of allylic oxidation sites excluding steroid dienone is 2. The van der Waals surface area contributed by atoms with E-state index in [1.165, 1.54) is 22.4 Å². The van der Waals surface area contributed by atoms with Crippen LogP contribution in [0.3, 0.4) is 0 Å². The van der Waals surface area contributed by atoms with E-state index in [0.29, 0.717) is 11.5 Å². The first kappa shape index (κ1) is 17.2. The van der Waals surface area contributed by atoms with Crippen molar-refractivity contribution in [2.24, 2.45) is 5.92 Å². The zero-order chi connectivity index (χ0) is 18.1. The van der Waals surface area contributed by atoms with Crippen molar-refractivity contribution in [3.8, 4) is 21.6 Å². The van der Waals surface area contributed by atoms with Crippen molar-refractivity contribution in [2.75, 3.05) is 0 Å². The second kappa shape index (κ2) is 7.20. The van der Waals surface area contributed by atoms with Crippen LogP contribution in [0.1, 0.15) is 37.1 Å². The predicted molar refractivity (Wildman–Crippen MR) is 111 cm³/mol. The lowest BCUT2D eigenvalue weighted by Crippen LogP contribution is -1.86. The zero-order valence-corrected chi connectivity index (χ0v) is 16.1. The average Bonchev–Trinajstić information content (AvgIpc) is 3.31. The Hall–Kier alpha value is -2.19. The van der Waals surface area contributed by atoms with Crippen LogP contribution >= 0.6 is 11.3 Å². The second-order valence-electron chi connectivity index (χ2n) is 7.10. The SMILES string of the molecule is CCc1ccc(-c2ccc(-c3ccc(C4=CC(C)CC4)cc3)cc2F)s1. The smallest absolute Gasteiger partial charge is 0.132 e. The zero-order valence-electron chi connectivity index (χ0n) is 15.3. The van der Waals surface area contributed by atoms with E-state index >= 15 is 0 Å². The second-order valence-corrected chi connectivity index (χ2v) is 8.27. The highest BCUT2D eigenvalue weighted by Crippen LogP contribution is 2.34. The molecule has 0 bridgehead atoms. The fourth-order valence-electron chi connectivity index (χ4n) is 3.62. The highest BCUT2D eigenvalue weighted by molar-refractivity contribution is 7.15. The summed E-state index contributed by atoms with van der Waals surface area (Å²) in [5, 5.41) is 0. The van der Waals surface area contributed by atoms with Gasteiger partial charge in [0.15, 0.2) is 0 Å². The maximum atomic E-state index is 14.7. The number of hydrogen-bond acceptors (Lipinski definition) is 1. The van der Waals surface area contributed by atoms with Gasteiger partial charge in [0.1, 0.15) is 5.82 Å². The molecule has 0 radical (unpaired) electrons. The molecule has 1 aliphatic carbocycles. The molecule has 0 amide bonds. The quantitative estimate of drug-likeness (QED) is 0.448. The molecule has 1 aliphatic rings. The van der Waals surface area contributed by atoms with Gasteiger partial charge in [-0.1, -0.05) is 50.3 Å². The Bertz CT molecular complexity index is 947. The van der Waals surface area contributed by atoms with Gasteiger partial charge in [-0.25, -0.2) is 4.39 Å². The molecule has 0 saturated carbocycles. The Balaban J connectivity index is 1.60. The van der Waals surface area contributed by atoms with Crippen LogP contribution in [0.5, 0.6) is 0 Å². The molecule has 2 heteroatoms. The summed E-state index contributed by atoms with van der Waals surface area (Å²) in [4.78, 5) is 2.29. The molecule has 0 nitrogen and oxygen atoms in total. The van der Waals surface area contributed by atoms with E-state index in [-0.39, 0.29) is 5.82 Å². The summed E-state index contributed by atoms with van der Waals surface area (Å²) < 4.78 is 14.7. The van der Waals surface area contributed by atoms with Gasteiger partial charge in [0.25, 0.3) is 0 Å². The molecule has 1 heterocycles. The third kappa shape index (κ3) is 3.39. The molecule has 3 aromatic rings. The van der Waals surface area contributed by atoms with E-state index in [1.54, 1.807) is 17.4 Å². The maximum absolute atomic E-state index is 14.7. The Morgan fingerprint density at radius 2 is 1.69 bits per heavy atom. The standard InChI is InChI=1S/C24H23FS/c1-3-21-11-13-24(26-21)22-12-10-20(15-23(22)25)18-8-6-17(7-9-18)19-5-4-16(2)14-19/h6-16H,3-5H2,1-2H3. The lowest BCUT2D eigenvalue weighted by Gasteiger charge is -2.07. The van der Waals surface area contributed by atoms with Crippen molar-refractivity contribution in [1.82, 2.24) is 0 Å². The van der Waals surface area contributed by atoms with E-state index in [4.69, 9.17) is 0 Å². The van der Waals surface area contributed by atoms with Gasteiger partial charge in [0.05, 0.1) is 0 Å². The van der Waals surface area contributed by atoms with Crippen LogP contribution < -0.4 is 0 Å². The number of thiophene rings is 1. The Labute approximate surface area is 159 Å². The van der Waals surface area contributed by atoms with Crippen molar-refractivity contribution < 1.29 is 4.39 Å². The van der Waals surface area contributed by atoms with Crippen LogP contribution in [0.15, 0.2) is 60.7 Å². The Morgan fingerprint density at radius 3 is 2.31 bits per heavy atom. The van der Waals surface area contributed by atoms with E-state index in [0.717, 1.165) is 28.8 Å². The topological polar surface area (TPSA) is 0 Å². The van der Waals surface area contributed by atoms with Gasteiger partial charge in [-0.15, -0.1) is 11.3 Å². The van der Waals surface area contributed by atoms with Gasteiger partial charge >= 0.3 is 0 Å². The van der Waals surface area contributed by atoms with Crippen LogP contribution in [0, 0.1) is 11.7 Å². The Kier molecular flexibility index (Phi) is 4.78. The van der Waals surface area contributed by atoms with Gasteiger partial charge in [-0.05, 0) is 71.7 Å². The molecule has 1 atom stereocenters. The van der Waals surface area contributed by atoms with E-state index in [1.807, 2.05) is 18.2 Å². The summed E-state index contributed by atoms with van der Waals surface area (Å²) in [5.74, 6) is 0.528. The molecular weight excluding hydrogens is 339 g/mol. The van der Waals surface area contributed by atoms with Crippen molar-refractivity contribution >= 4 is 16.9 Å². The lowest BCUT2D eigenvalue weighted by atomic mass is 9.99. The van der Waals surface area contributed by atoms with Crippen molar-refractivity contribution in [3.63, 3.8) is 0 Å². The number of aryl methyl sites for hydroxylation is 1. The summed E-state index contributed by atoms with van der Waals surface area (Å²) in [7, 11) is 0. The van der Waals surface area contributed by atoms with Crippen molar-refractivity contribution in [2.45, 2.75) is 33.1 Å². The molecule has 1 aromatic heterocycles. The maximum Gasteiger partial charge on any atom is 0.132 e. The number of rotatable bonds is 4. The lowest BCUT2D eigenvalue weighted by molar-refractivity contribution is 0.632. The van der Waals surface area contributed by atoms with E-state index in [9.17, 15) is 4.39 Å². The van der Waals surface area contributed by atoms with Crippen LogP contribution in [-0.2, 0) is 6.42 Å². The normalized spacial score (nSPS) is 16.7. The molecule has 1 unspecified atom stereocenters.